The van der Waals surface area contributed by atoms with Crippen LogP contribution in [-0.2, 0) is 11.3 Å². The molecule has 0 radical (unpaired) electrons. The van der Waals surface area contributed by atoms with Crippen molar-refractivity contribution in [2.45, 2.75) is 13.5 Å². The van der Waals surface area contributed by atoms with Crippen LogP contribution in [0.25, 0.3) is 0 Å². The molecule has 0 aliphatic carbocycles. The minimum atomic E-state index is -0.335. The molecule has 3 heteroatoms. The fraction of sp³-hybridized carbons (Fsp3) is 0.133. The lowest BCUT2D eigenvalue weighted by Gasteiger charge is -2.06. The summed E-state index contributed by atoms with van der Waals surface area (Å²) >= 11 is 5.91. The molecule has 0 saturated carbocycles. The molecule has 2 rings (SSSR count). The van der Waals surface area contributed by atoms with E-state index in [1.165, 1.54) is 0 Å². The van der Waals surface area contributed by atoms with E-state index in [1.54, 1.807) is 18.2 Å². The smallest absolute Gasteiger partial charge is 0.338 e. The van der Waals surface area contributed by atoms with Crippen molar-refractivity contribution in [1.82, 2.24) is 0 Å². The van der Waals surface area contributed by atoms with Gasteiger partial charge in [0.25, 0.3) is 0 Å². The molecule has 2 aromatic carbocycles. The first-order chi connectivity index (χ1) is 8.66. The van der Waals surface area contributed by atoms with Gasteiger partial charge in [0.2, 0.25) is 0 Å². The summed E-state index contributed by atoms with van der Waals surface area (Å²) in [7, 11) is 0. The van der Waals surface area contributed by atoms with E-state index in [2.05, 4.69) is 0 Å². The predicted molar refractivity (Wildman–Crippen MR) is 71.8 cm³/mol. The lowest BCUT2D eigenvalue weighted by molar-refractivity contribution is 0.0472. The molecule has 0 aliphatic rings. The number of esters is 1. The first-order valence-corrected chi connectivity index (χ1v) is 6.02. The van der Waals surface area contributed by atoms with Crippen molar-refractivity contribution >= 4 is 17.6 Å². The van der Waals surface area contributed by atoms with E-state index in [-0.39, 0.29) is 12.6 Å². The second-order valence-electron chi connectivity index (χ2n) is 4.03. The Morgan fingerprint density at radius 2 is 1.89 bits per heavy atom. The van der Waals surface area contributed by atoms with Gasteiger partial charge in [-0.2, -0.15) is 0 Å². The van der Waals surface area contributed by atoms with Crippen molar-refractivity contribution in [3.05, 3.63) is 70.2 Å². The SMILES string of the molecule is Cc1cc(C(=O)OCc2ccccc2)ccc1Cl. The van der Waals surface area contributed by atoms with Gasteiger partial charge in [0, 0.05) is 5.02 Å². The van der Waals surface area contributed by atoms with E-state index < -0.39 is 0 Å². The van der Waals surface area contributed by atoms with Gasteiger partial charge in [-0.1, -0.05) is 41.9 Å². The summed E-state index contributed by atoms with van der Waals surface area (Å²) in [6, 6.07) is 14.7. The standard InChI is InChI=1S/C15H13ClO2/c1-11-9-13(7-8-14(11)16)15(17)18-10-12-5-3-2-4-6-12/h2-9H,10H2,1H3. The minimum Gasteiger partial charge on any atom is -0.457 e. The van der Waals surface area contributed by atoms with Gasteiger partial charge in [-0.05, 0) is 36.2 Å². The first kappa shape index (κ1) is 12.7. The molecule has 18 heavy (non-hydrogen) atoms. The monoisotopic (exact) mass is 260 g/mol. The van der Waals surface area contributed by atoms with Crippen molar-refractivity contribution in [1.29, 1.82) is 0 Å². The quantitative estimate of drug-likeness (QED) is 0.780. The molecule has 0 unspecified atom stereocenters. The van der Waals surface area contributed by atoms with Crippen LogP contribution in [0.1, 0.15) is 21.5 Å². The number of carbonyl (C=O) groups is 1. The zero-order chi connectivity index (χ0) is 13.0. The van der Waals surface area contributed by atoms with Gasteiger partial charge in [-0.3, -0.25) is 0 Å². The normalized spacial score (nSPS) is 10.1. The van der Waals surface area contributed by atoms with Gasteiger partial charge in [-0.25, -0.2) is 4.79 Å². The van der Waals surface area contributed by atoms with Gasteiger partial charge < -0.3 is 4.74 Å². The lowest BCUT2D eigenvalue weighted by Crippen LogP contribution is -2.05. The number of hydrogen-bond donors (Lipinski definition) is 0. The van der Waals surface area contributed by atoms with Crippen molar-refractivity contribution in [3.63, 3.8) is 0 Å². The molecular formula is C15H13ClO2. The molecule has 0 fully saturated rings. The van der Waals surface area contributed by atoms with Crippen LogP contribution in [0.15, 0.2) is 48.5 Å². The van der Waals surface area contributed by atoms with Gasteiger partial charge in [0.15, 0.2) is 0 Å². The van der Waals surface area contributed by atoms with E-state index >= 15 is 0 Å². The predicted octanol–water partition coefficient (Wildman–Crippen LogP) is 4.01. The number of aryl methyl sites for hydroxylation is 1. The minimum absolute atomic E-state index is 0.279. The van der Waals surface area contributed by atoms with Gasteiger partial charge in [0.1, 0.15) is 6.61 Å². The Morgan fingerprint density at radius 1 is 1.17 bits per heavy atom. The van der Waals surface area contributed by atoms with E-state index in [1.807, 2.05) is 37.3 Å². The molecule has 0 amide bonds. The van der Waals surface area contributed by atoms with Crippen molar-refractivity contribution < 1.29 is 9.53 Å². The molecule has 0 aromatic heterocycles. The topological polar surface area (TPSA) is 26.3 Å². The molecule has 92 valence electrons. The van der Waals surface area contributed by atoms with Crippen LogP contribution in [0.4, 0.5) is 0 Å². The third kappa shape index (κ3) is 3.11. The highest BCUT2D eigenvalue weighted by Gasteiger charge is 2.08. The Morgan fingerprint density at radius 3 is 2.56 bits per heavy atom. The molecular weight excluding hydrogens is 248 g/mol. The number of benzene rings is 2. The molecule has 0 N–H and O–H groups in total. The van der Waals surface area contributed by atoms with Crippen LogP contribution in [0.3, 0.4) is 0 Å². The summed E-state index contributed by atoms with van der Waals surface area (Å²) in [4.78, 5) is 11.8. The summed E-state index contributed by atoms with van der Waals surface area (Å²) in [6.45, 7) is 2.14. The van der Waals surface area contributed by atoms with Crippen LogP contribution in [0, 0.1) is 6.92 Å². The van der Waals surface area contributed by atoms with Crippen molar-refractivity contribution in [3.8, 4) is 0 Å². The highest BCUT2D eigenvalue weighted by Crippen LogP contribution is 2.17. The number of ether oxygens (including phenoxy) is 1. The summed E-state index contributed by atoms with van der Waals surface area (Å²) in [6.07, 6.45) is 0. The van der Waals surface area contributed by atoms with Crippen LogP contribution in [-0.4, -0.2) is 5.97 Å². The lowest BCUT2D eigenvalue weighted by atomic mass is 10.1. The molecule has 0 bridgehead atoms. The third-order valence-electron chi connectivity index (χ3n) is 2.61. The third-order valence-corrected chi connectivity index (χ3v) is 3.03. The highest BCUT2D eigenvalue weighted by atomic mass is 35.5. The molecule has 0 atom stereocenters. The number of carbonyl (C=O) groups excluding carboxylic acids is 1. The van der Waals surface area contributed by atoms with Crippen molar-refractivity contribution in [2.75, 3.05) is 0 Å². The molecule has 0 spiro atoms. The Kier molecular flexibility index (Phi) is 4.00. The van der Waals surface area contributed by atoms with E-state index in [9.17, 15) is 4.79 Å². The molecule has 2 aromatic rings. The zero-order valence-electron chi connectivity index (χ0n) is 10.0. The largest absolute Gasteiger partial charge is 0.457 e. The molecule has 0 aliphatic heterocycles. The van der Waals surface area contributed by atoms with Gasteiger partial charge in [0.05, 0.1) is 5.56 Å². The maximum atomic E-state index is 11.8. The second-order valence-corrected chi connectivity index (χ2v) is 4.43. The van der Waals surface area contributed by atoms with Crippen LogP contribution >= 0.6 is 11.6 Å². The van der Waals surface area contributed by atoms with Crippen LogP contribution in [0.5, 0.6) is 0 Å². The summed E-state index contributed by atoms with van der Waals surface area (Å²) in [5, 5.41) is 0.648. The number of halogens is 1. The van der Waals surface area contributed by atoms with Gasteiger partial charge in [-0.15, -0.1) is 0 Å². The number of hydrogen-bond acceptors (Lipinski definition) is 2. The number of rotatable bonds is 3. The van der Waals surface area contributed by atoms with E-state index in [4.69, 9.17) is 16.3 Å². The fourth-order valence-electron chi connectivity index (χ4n) is 1.58. The zero-order valence-corrected chi connectivity index (χ0v) is 10.8. The molecule has 0 heterocycles. The van der Waals surface area contributed by atoms with E-state index in [0.29, 0.717) is 10.6 Å². The Balaban J connectivity index is 2.02. The van der Waals surface area contributed by atoms with Gasteiger partial charge >= 0.3 is 5.97 Å². The van der Waals surface area contributed by atoms with E-state index in [0.717, 1.165) is 11.1 Å². The van der Waals surface area contributed by atoms with Crippen LogP contribution in [0.2, 0.25) is 5.02 Å². The average molecular weight is 261 g/mol. The van der Waals surface area contributed by atoms with Crippen LogP contribution < -0.4 is 0 Å². The highest BCUT2D eigenvalue weighted by molar-refractivity contribution is 6.31. The Hall–Kier alpha value is -1.80. The summed E-state index contributed by atoms with van der Waals surface area (Å²) in [5.74, 6) is -0.335. The summed E-state index contributed by atoms with van der Waals surface area (Å²) in [5.41, 5.74) is 2.36. The molecule has 2 nitrogen and oxygen atoms in total. The second kappa shape index (κ2) is 5.69. The summed E-state index contributed by atoms with van der Waals surface area (Å²) < 4.78 is 5.23. The van der Waals surface area contributed by atoms with Crippen molar-refractivity contribution in [2.24, 2.45) is 0 Å². The first-order valence-electron chi connectivity index (χ1n) is 5.64. The maximum absolute atomic E-state index is 11.8. The fourth-order valence-corrected chi connectivity index (χ4v) is 1.70. The average Bonchev–Trinajstić information content (AvgIpc) is 2.40. The maximum Gasteiger partial charge on any atom is 0.338 e. The Bertz CT molecular complexity index is 550. The Labute approximate surface area is 111 Å². The molecule has 0 saturated heterocycles.